The molecule has 110 valence electrons. The number of thiazole rings is 1. The Morgan fingerprint density at radius 1 is 1.43 bits per heavy atom. The van der Waals surface area contributed by atoms with Gasteiger partial charge in [-0.25, -0.2) is 4.98 Å². The van der Waals surface area contributed by atoms with Crippen LogP contribution in [0.25, 0.3) is 10.6 Å². The highest BCUT2D eigenvalue weighted by atomic mass is 32.1. The zero-order chi connectivity index (χ0) is 14.8. The van der Waals surface area contributed by atoms with Gasteiger partial charge in [0, 0.05) is 30.0 Å². The number of carbonyl (C=O) groups is 1. The van der Waals surface area contributed by atoms with Crippen molar-refractivity contribution < 1.29 is 9.90 Å². The van der Waals surface area contributed by atoms with E-state index in [2.05, 4.69) is 17.0 Å². The summed E-state index contributed by atoms with van der Waals surface area (Å²) in [4.78, 5) is 19.3. The number of hydrogen-bond donors (Lipinski definition) is 1. The van der Waals surface area contributed by atoms with E-state index in [1.54, 1.807) is 11.3 Å². The second-order valence-electron chi connectivity index (χ2n) is 5.24. The molecular weight excluding hydrogens is 284 g/mol. The topological polar surface area (TPSA) is 53.4 Å². The number of carboxylic acid groups (broad SMARTS) is 1. The molecule has 2 heterocycles. The number of hydrogen-bond acceptors (Lipinski definition) is 4. The molecule has 1 aliphatic heterocycles. The lowest BCUT2D eigenvalue weighted by Crippen LogP contribution is -2.43. The van der Waals surface area contributed by atoms with Gasteiger partial charge in [-0.1, -0.05) is 37.3 Å². The summed E-state index contributed by atoms with van der Waals surface area (Å²) < 4.78 is 0. The maximum absolute atomic E-state index is 11.3. The number of aliphatic carboxylic acids is 1. The summed E-state index contributed by atoms with van der Waals surface area (Å²) in [5.41, 5.74) is 2.27. The maximum Gasteiger partial charge on any atom is 0.320 e. The molecule has 1 atom stereocenters. The molecule has 1 aromatic heterocycles. The number of rotatable bonds is 4. The van der Waals surface area contributed by atoms with Crippen LogP contribution in [0.2, 0.25) is 0 Å². The minimum atomic E-state index is -0.728. The summed E-state index contributed by atoms with van der Waals surface area (Å²) in [6, 6.07) is 9.76. The molecule has 1 N–H and O–H groups in total. The van der Waals surface area contributed by atoms with Crippen LogP contribution in [-0.2, 0) is 17.8 Å². The molecule has 0 aliphatic carbocycles. The Balaban J connectivity index is 1.84. The first-order chi connectivity index (χ1) is 10.2. The average Bonchev–Trinajstić information content (AvgIpc) is 2.92. The number of fused-ring (bicyclic) bond motifs is 1. The third-order valence-corrected chi connectivity index (χ3v) is 5.03. The van der Waals surface area contributed by atoms with Crippen molar-refractivity contribution in [2.24, 2.45) is 0 Å². The molecule has 0 saturated heterocycles. The van der Waals surface area contributed by atoms with Crippen molar-refractivity contribution in [1.29, 1.82) is 0 Å². The van der Waals surface area contributed by atoms with Crippen molar-refractivity contribution in [1.82, 2.24) is 9.88 Å². The molecule has 1 unspecified atom stereocenters. The van der Waals surface area contributed by atoms with Gasteiger partial charge in [-0.3, -0.25) is 9.69 Å². The molecule has 0 fully saturated rings. The molecule has 21 heavy (non-hydrogen) atoms. The molecule has 4 nitrogen and oxygen atoms in total. The zero-order valence-corrected chi connectivity index (χ0v) is 12.8. The van der Waals surface area contributed by atoms with Crippen molar-refractivity contribution in [2.45, 2.75) is 32.4 Å². The normalized spacial score (nSPS) is 16.4. The Bertz CT molecular complexity index is 639. The highest BCUT2D eigenvalue weighted by Gasteiger charge is 2.29. The smallest absolute Gasteiger partial charge is 0.320 e. The minimum absolute atomic E-state index is 0.388. The van der Waals surface area contributed by atoms with Crippen LogP contribution in [0.4, 0.5) is 0 Å². The van der Waals surface area contributed by atoms with Gasteiger partial charge in [0.15, 0.2) is 0 Å². The summed E-state index contributed by atoms with van der Waals surface area (Å²) in [5.74, 6) is -0.728. The second-order valence-corrected chi connectivity index (χ2v) is 6.32. The lowest BCUT2D eigenvalue weighted by Gasteiger charge is -2.30. The Morgan fingerprint density at radius 3 is 2.86 bits per heavy atom. The number of benzene rings is 1. The van der Waals surface area contributed by atoms with Crippen LogP contribution in [-0.4, -0.2) is 33.5 Å². The molecule has 1 aromatic carbocycles. The summed E-state index contributed by atoms with van der Waals surface area (Å²) in [6.07, 6.45) is 1.47. The van der Waals surface area contributed by atoms with Gasteiger partial charge in [0.1, 0.15) is 11.0 Å². The van der Waals surface area contributed by atoms with Crippen LogP contribution in [0.15, 0.2) is 30.3 Å². The number of nitrogens with zero attached hydrogens (tertiary/aromatic N) is 2. The SMILES string of the molecule is CCC(C(=O)O)N1CCc2nc(-c3ccccc3)sc2C1. The molecule has 0 radical (unpaired) electrons. The van der Waals surface area contributed by atoms with E-state index >= 15 is 0 Å². The Labute approximate surface area is 128 Å². The third-order valence-electron chi connectivity index (χ3n) is 3.89. The second kappa shape index (κ2) is 5.95. The minimum Gasteiger partial charge on any atom is -0.480 e. The monoisotopic (exact) mass is 302 g/mol. The quantitative estimate of drug-likeness (QED) is 0.943. The largest absolute Gasteiger partial charge is 0.480 e. The highest BCUT2D eigenvalue weighted by Crippen LogP contribution is 2.32. The van der Waals surface area contributed by atoms with Gasteiger partial charge >= 0.3 is 5.97 Å². The Morgan fingerprint density at radius 2 is 2.19 bits per heavy atom. The average molecular weight is 302 g/mol. The van der Waals surface area contributed by atoms with Crippen LogP contribution < -0.4 is 0 Å². The molecule has 2 aromatic rings. The predicted octanol–water partition coefficient (Wildman–Crippen LogP) is 3.03. The fraction of sp³-hybridized carbons (Fsp3) is 0.375. The van der Waals surface area contributed by atoms with Crippen molar-refractivity contribution in [3.8, 4) is 10.6 Å². The van der Waals surface area contributed by atoms with E-state index in [1.807, 2.05) is 25.1 Å². The van der Waals surface area contributed by atoms with E-state index in [0.29, 0.717) is 13.0 Å². The first kappa shape index (κ1) is 14.2. The van der Waals surface area contributed by atoms with Crippen molar-refractivity contribution >= 4 is 17.3 Å². The van der Waals surface area contributed by atoms with Gasteiger partial charge in [-0.2, -0.15) is 0 Å². The van der Waals surface area contributed by atoms with Crippen LogP contribution in [0.5, 0.6) is 0 Å². The predicted molar refractivity (Wildman–Crippen MR) is 83.4 cm³/mol. The fourth-order valence-corrected chi connectivity index (χ4v) is 3.91. The van der Waals surface area contributed by atoms with Gasteiger partial charge < -0.3 is 5.11 Å². The molecular formula is C16H18N2O2S. The third kappa shape index (κ3) is 2.84. The van der Waals surface area contributed by atoms with E-state index in [0.717, 1.165) is 29.2 Å². The first-order valence-electron chi connectivity index (χ1n) is 7.20. The van der Waals surface area contributed by atoms with E-state index in [-0.39, 0.29) is 6.04 Å². The molecule has 1 aliphatic rings. The van der Waals surface area contributed by atoms with E-state index in [9.17, 15) is 9.90 Å². The van der Waals surface area contributed by atoms with Gasteiger partial charge in [0.25, 0.3) is 0 Å². The summed E-state index contributed by atoms with van der Waals surface area (Å²) in [6.45, 7) is 3.40. The van der Waals surface area contributed by atoms with Crippen LogP contribution in [0, 0.1) is 0 Å². The van der Waals surface area contributed by atoms with Crippen LogP contribution in [0.3, 0.4) is 0 Å². The van der Waals surface area contributed by atoms with Crippen LogP contribution >= 0.6 is 11.3 Å². The van der Waals surface area contributed by atoms with Crippen molar-refractivity contribution in [3.63, 3.8) is 0 Å². The highest BCUT2D eigenvalue weighted by molar-refractivity contribution is 7.15. The lowest BCUT2D eigenvalue weighted by atomic mass is 10.1. The maximum atomic E-state index is 11.3. The summed E-state index contributed by atoms with van der Waals surface area (Å²) in [5, 5.41) is 10.3. The molecule has 0 spiro atoms. The molecule has 0 saturated carbocycles. The lowest BCUT2D eigenvalue weighted by molar-refractivity contribution is -0.143. The molecule has 0 amide bonds. The van der Waals surface area contributed by atoms with Crippen LogP contribution in [0.1, 0.15) is 23.9 Å². The molecule has 5 heteroatoms. The van der Waals surface area contributed by atoms with Crippen molar-refractivity contribution in [2.75, 3.05) is 6.54 Å². The standard InChI is InChI=1S/C16H18N2O2S/c1-2-13(16(19)20)18-9-8-12-14(10-18)21-15(17-12)11-6-4-3-5-7-11/h3-7,13H,2,8-10H2,1H3,(H,19,20). The summed E-state index contributed by atoms with van der Waals surface area (Å²) in [7, 11) is 0. The van der Waals surface area contributed by atoms with E-state index in [4.69, 9.17) is 4.98 Å². The molecule has 0 bridgehead atoms. The van der Waals surface area contributed by atoms with Crippen molar-refractivity contribution in [3.05, 3.63) is 40.9 Å². The molecule has 3 rings (SSSR count). The number of aromatic nitrogens is 1. The fourth-order valence-electron chi connectivity index (χ4n) is 2.77. The Hall–Kier alpha value is -1.72. The zero-order valence-electron chi connectivity index (χ0n) is 12.0. The number of carboxylic acids is 1. The van der Waals surface area contributed by atoms with Gasteiger partial charge in [-0.15, -0.1) is 11.3 Å². The van der Waals surface area contributed by atoms with Gasteiger partial charge in [0.05, 0.1) is 5.69 Å². The van der Waals surface area contributed by atoms with Gasteiger partial charge in [-0.05, 0) is 6.42 Å². The Kier molecular flexibility index (Phi) is 4.03. The van der Waals surface area contributed by atoms with Gasteiger partial charge in [0.2, 0.25) is 0 Å². The van der Waals surface area contributed by atoms with E-state index < -0.39 is 5.97 Å². The first-order valence-corrected chi connectivity index (χ1v) is 8.01. The summed E-state index contributed by atoms with van der Waals surface area (Å²) >= 11 is 1.69. The van der Waals surface area contributed by atoms with E-state index in [1.165, 1.54) is 4.88 Å².